The molecule has 0 amide bonds. The topological polar surface area (TPSA) is 20.2 Å². The van der Waals surface area contributed by atoms with Crippen LogP contribution in [0.3, 0.4) is 0 Å². The van der Waals surface area contributed by atoms with Crippen molar-refractivity contribution in [2.45, 2.75) is 38.2 Å². The Morgan fingerprint density at radius 1 is 1.60 bits per heavy atom. The van der Waals surface area contributed by atoms with Gasteiger partial charge in [0.15, 0.2) is 0 Å². The summed E-state index contributed by atoms with van der Waals surface area (Å²) >= 11 is 0. The molecule has 1 fully saturated rings. The van der Waals surface area contributed by atoms with Crippen LogP contribution in [0.4, 0.5) is 0 Å². The van der Waals surface area contributed by atoms with E-state index in [9.17, 15) is 5.11 Å². The minimum Gasteiger partial charge on any atom is -0.377 e. The summed E-state index contributed by atoms with van der Waals surface area (Å²) in [7, 11) is 0. The lowest BCUT2D eigenvalue weighted by atomic mass is 9.77. The van der Waals surface area contributed by atoms with Gasteiger partial charge in [-0.05, 0) is 25.2 Å². The van der Waals surface area contributed by atoms with Gasteiger partial charge in [-0.1, -0.05) is 19.3 Å². The number of rotatable bonds is 0. The smallest absolute Gasteiger partial charge is 0.127 e. The molecule has 0 spiro atoms. The normalized spacial score (nSPS) is 40.7. The maximum atomic E-state index is 9.71. The summed E-state index contributed by atoms with van der Waals surface area (Å²) in [6.07, 6.45) is 9.37. The Morgan fingerprint density at radius 3 is 2.70 bits per heavy atom. The number of aliphatic hydroxyl groups is 1. The van der Waals surface area contributed by atoms with Gasteiger partial charge in [0.05, 0.1) is 0 Å². The van der Waals surface area contributed by atoms with Crippen molar-refractivity contribution < 1.29 is 5.11 Å². The van der Waals surface area contributed by atoms with Gasteiger partial charge in [-0.25, -0.2) is 0 Å². The third-order valence-corrected chi connectivity index (χ3v) is 2.51. The molecule has 10 heavy (non-hydrogen) atoms. The quantitative estimate of drug-likeness (QED) is 0.504. The van der Waals surface area contributed by atoms with E-state index in [0.717, 1.165) is 19.3 Å². The molecule has 0 aliphatic heterocycles. The molecule has 0 saturated heterocycles. The van der Waals surface area contributed by atoms with Crippen molar-refractivity contribution in [2.75, 3.05) is 0 Å². The highest BCUT2D eigenvalue weighted by Crippen LogP contribution is 2.32. The average molecular weight is 138 g/mol. The van der Waals surface area contributed by atoms with E-state index in [-0.39, 0.29) is 5.92 Å². The summed E-state index contributed by atoms with van der Waals surface area (Å²) in [5.74, 6) is 2.77. The predicted molar refractivity (Wildman–Crippen MR) is 41.4 cm³/mol. The third-order valence-electron chi connectivity index (χ3n) is 2.51. The fourth-order valence-corrected chi connectivity index (χ4v) is 1.54. The second-order valence-corrected chi connectivity index (χ2v) is 3.22. The van der Waals surface area contributed by atoms with E-state index in [1.54, 1.807) is 0 Å². The van der Waals surface area contributed by atoms with Gasteiger partial charge in [-0.3, -0.25) is 0 Å². The monoisotopic (exact) mass is 138 g/mol. The SMILES string of the molecule is C#C[C@]1(O)CCCC[C@H]1C. The molecule has 1 N–H and O–H groups in total. The largest absolute Gasteiger partial charge is 0.377 e. The predicted octanol–water partition coefficient (Wildman–Crippen LogP) is 1.56. The van der Waals surface area contributed by atoms with Gasteiger partial charge in [-0.2, -0.15) is 0 Å². The van der Waals surface area contributed by atoms with Crippen molar-refractivity contribution in [3.63, 3.8) is 0 Å². The van der Waals surface area contributed by atoms with Gasteiger partial charge < -0.3 is 5.11 Å². The number of terminal acetylenes is 1. The molecule has 1 rings (SSSR count). The van der Waals surface area contributed by atoms with Crippen LogP contribution in [-0.4, -0.2) is 10.7 Å². The molecule has 2 atom stereocenters. The van der Waals surface area contributed by atoms with Crippen LogP contribution in [0.5, 0.6) is 0 Å². The molecule has 0 aromatic rings. The maximum absolute atomic E-state index is 9.71. The first-order chi connectivity index (χ1) is 4.69. The Balaban J connectivity index is 2.65. The van der Waals surface area contributed by atoms with Crippen LogP contribution >= 0.6 is 0 Å². The van der Waals surface area contributed by atoms with Crippen LogP contribution in [0.1, 0.15) is 32.6 Å². The van der Waals surface area contributed by atoms with E-state index >= 15 is 0 Å². The van der Waals surface area contributed by atoms with Crippen molar-refractivity contribution in [1.29, 1.82) is 0 Å². The van der Waals surface area contributed by atoms with E-state index in [4.69, 9.17) is 6.42 Å². The lowest BCUT2D eigenvalue weighted by molar-refractivity contribution is 0.0128. The summed E-state index contributed by atoms with van der Waals surface area (Å²) in [4.78, 5) is 0. The Kier molecular flexibility index (Phi) is 2.01. The van der Waals surface area contributed by atoms with E-state index < -0.39 is 5.60 Å². The molecular formula is C9H14O. The highest BCUT2D eigenvalue weighted by molar-refractivity contribution is 5.10. The molecule has 0 aromatic carbocycles. The molecule has 1 saturated carbocycles. The summed E-state index contributed by atoms with van der Waals surface area (Å²) in [6.45, 7) is 2.03. The lowest BCUT2D eigenvalue weighted by Gasteiger charge is -2.33. The molecule has 1 aliphatic rings. The number of hydrogen-bond acceptors (Lipinski definition) is 1. The van der Waals surface area contributed by atoms with Crippen molar-refractivity contribution in [3.05, 3.63) is 0 Å². The van der Waals surface area contributed by atoms with Crippen molar-refractivity contribution >= 4 is 0 Å². The Hall–Kier alpha value is -0.480. The van der Waals surface area contributed by atoms with Crippen LogP contribution in [-0.2, 0) is 0 Å². The summed E-state index contributed by atoms with van der Waals surface area (Å²) in [6, 6.07) is 0. The van der Waals surface area contributed by atoms with Crippen LogP contribution in [0, 0.1) is 18.3 Å². The van der Waals surface area contributed by atoms with Gasteiger partial charge in [0.1, 0.15) is 5.60 Å². The van der Waals surface area contributed by atoms with E-state index in [0.29, 0.717) is 0 Å². The Labute approximate surface area is 62.4 Å². The summed E-state index contributed by atoms with van der Waals surface area (Å²) < 4.78 is 0. The van der Waals surface area contributed by atoms with Gasteiger partial charge in [-0.15, -0.1) is 6.42 Å². The highest BCUT2D eigenvalue weighted by atomic mass is 16.3. The molecule has 0 heterocycles. The van der Waals surface area contributed by atoms with Crippen LogP contribution in [0.25, 0.3) is 0 Å². The maximum Gasteiger partial charge on any atom is 0.127 e. The summed E-state index contributed by atoms with van der Waals surface area (Å²) in [5.41, 5.74) is -0.793. The minimum atomic E-state index is -0.793. The fourth-order valence-electron chi connectivity index (χ4n) is 1.54. The third kappa shape index (κ3) is 1.17. The van der Waals surface area contributed by atoms with Gasteiger partial charge in [0.2, 0.25) is 0 Å². The van der Waals surface area contributed by atoms with E-state index in [2.05, 4.69) is 5.92 Å². The molecule has 1 nitrogen and oxygen atoms in total. The molecule has 0 radical (unpaired) electrons. The first-order valence-electron chi connectivity index (χ1n) is 3.89. The standard InChI is InChI=1S/C9H14O/c1-3-9(10)7-5-4-6-8(9)2/h1,8,10H,4-7H2,2H3/t8-,9+/m1/s1. The molecule has 0 bridgehead atoms. The molecule has 0 aromatic heterocycles. The van der Waals surface area contributed by atoms with Gasteiger partial charge >= 0.3 is 0 Å². The zero-order chi connectivity index (χ0) is 7.61. The van der Waals surface area contributed by atoms with Gasteiger partial charge in [0, 0.05) is 0 Å². The fraction of sp³-hybridized carbons (Fsp3) is 0.778. The zero-order valence-corrected chi connectivity index (χ0v) is 6.43. The van der Waals surface area contributed by atoms with E-state index in [1.165, 1.54) is 6.42 Å². The Bertz CT molecular complexity index is 157. The summed E-state index contributed by atoms with van der Waals surface area (Å²) in [5, 5.41) is 9.71. The van der Waals surface area contributed by atoms with E-state index in [1.807, 2.05) is 6.92 Å². The van der Waals surface area contributed by atoms with Crippen molar-refractivity contribution in [1.82, 2.24) is 0 Å². The van der Waals surface area contributed by atoms with Crippen LogP contribution in [0.2, 0.25) is 0 Å². The first-order valence-corrected chi connectivity index (χ1v) is 3.89. The molecular weight excluding hydrogens is 124 g/mol. The number of hydrogen-bond donors (Lipinski definition) is 1. The van der Waals surface area contributed by atoms with Gasteiger partial charge in [0.25, 0.3) is 0 Å². The van der Waals surface area contributed by atoms with Crippen molar-refractivity contribution in [3.8, 4) is 12.3 Å². The van der Waals surface area contributed by atoms with Crippen molar-refractivity contribution in [2.24, 2.45) is 5.92 Å². The average Bonchev–Trinajstić information content (AvgIpc) is 1.96. The molecule has 1 heteroatoms. The lowest BCUT2D eigenvalue weighted by Crippen LogP contribution is -2.37. The van der Waals surface area contributed by atoms with Crippen LogP contribution in [0.15, 0.2) is 0 Å². The molecule has 1 aliphatic carbocycles. The second-order valence-electron chi connectivity index (χ2n) is 3.22. The minimum absolute atomic E-state index is 0.284. The molecule has 0 unspecified atom stereocenters. The second kappa shape index (κ2) is 2.64. The molecule has 56 valence electrons. The zero-order valence-electron chi connectivity index (χ0n) is 6.43. The highest BCUT2D eigenvalue weighted by Gasteiger charge is 2.33. The Morgan fingerprint density at radius 2 is 2.30 bits per heavy atom. The first kappa shape index (κ1) is 7.63. The van der Waals surface area contributed by atoms with Crippen LogP contribution < -0.4 is 0 Å².